The molecule has 0 aromatic carbocycles. The van der Waals surface area contributed by atoms with Crippen LogP contribution in [0.5, 0.6) is 0 Å². The van der Waals surface area contributed by atoms with Crippen LogP contribution in [0.4, 0.5) is 13.2 Å². The molecule has 0 aromatic heterocycles. The van der Waals surface area contributed by atoms with Crippen LogP contribution in [0.15, 0.2) is 0 Å². The van der Waals surface area contributed by atoms with E-state index in [9.17, 15) is 13.2 Å². The molecule has 0 saturated heterocycles. The molecule has 0 aliphatic rings. The molecule has 2 nitrogen and oxygen atoms in total. The first-order valence-corrected chi connectivity index (χ1v) is 2.25. The van der Waals surface area contributed by atoms with Crippen LogP contribution in [0, 0.1) is 0 Å². The van der Waals surface area contributed by atoms with Gasteiger partial charge in [-0.2, -0.15) is 13.2 Å². The van der Waals surface area contributed by atoms with E-state index in [4.69, 9.17) is 10.8 Å². The summed E-state index contributed by atoms with van der Waals surface area (Å²) < 4.78 is 34.4. The predicted molar refractivity (Wildman–Crippen MR) is 25.9 cm³/mol. The van der Waals surface area contributed by atoms with E-state index in [2.05, 4.69) is 0 Å². The highest BCUT2D eigenvalue weighted by Gasteiger charge is 2.46. The Hall–Kier alpha value is -0.290. The molecule has 9 heavy (non-hydrogen) atoms. The second kappa shape index (κ2) is 2.15. The first-order valence-electron chi connectivity index (χ1n) is 2.25. The van der Waals surface area contributed by atoms with Crippen LogP contribution in [-0.2, 0) is 0 Å². The van der Waals surface area contributed by atoms with Gasteiger partial charge in [0.25, 0.3) is 0 Å². The summed E-state index contributed by atoms with van der Waals surface area (Å²) in [5.41, 5.74) is 3.44. The van der Waals surface area contributed by atoms with Crippen molar-refractivity contribution in [3.63, 3.8) is 0 Å². The summed E-state index contributed by atoms with van der Waals surface area (Å²) in [6.45, 7) is -0.490. The fourth-order valence-electron chi connectivity index (χ4n) is 0.100. The maximum Gasteiger partial charge on any atom is 0.415 e. The molecule has 1 unspecified atom stereocenters. The number of nitrogens with one attached hydrogen (secondary N) is 1. The van der Waals surface area contributed by atoms with E-state index in [-0.39, 0.29) is 0 Å². The molecule has 0 aliphatic heterocycles. The quantitative estimate of drug-likeness (QED) is 0.590. The first kappa shape index (κ1) is 8.71. The first-order chi connectivity index (χ1) is 3.81. The minimum atomic E-state index is -4.69. The van der Waals surface area contributed by atoms with E-state index in [0.29, 0.717) is 6.92 Å². The van der Waals surface area contributed by atoms with Crippen molar-refractivity contribution in [2.75, 3.05) is 6.54 Å². The molecule has 0 rings (SSSR count). The maximum atomic E-state index is 11.5. The molecule has 0 saturated carbocycles. The average molecular weight is 142 g/mol. The predicted octanol–water partition coefficient (Wildman–Crippen LogP) is 1.35. The molecular weight excluding hydrogens is 135 g/mol. The summed E-state index contributed by atoms with van der Waals surface area (Å²) >= 11 is 0. The highest BCUT2D eigenvalue weighted by Crippen LogP contribution is 2.29. The van der Waals surface area contributed by atoms with Gasteiger partial charge in [-0.1, -0.05) is 0 Å². The molecule has 0 fully saturated rings. The van der Waals surface area contributed by atoms with Crippen LogP contribution < -0.4 is 0 Å². The van der Waals surface area contributed by atoms with Gasteiger partial charge in [0.2, 0.25) is 0 Å². The molecule has 0 amide bonds. The van der Waals surface area contributed by atoms with Crippen molar-refractivity contribution in [1.82, 2.24) is 0 Å². The SMILES string of the molecule is CC(O)(C[NH-])C(F)(F)F. The Bertz CT molecular complexity index is 98.5. The van der Waals surface area contributed by atoms with E-state index < -0.39 is 18.3 Å². The molecule has 1 atom stereocenters. The van der Waals surface area contributed by atoms with Crippen LogP contribution in [0.2, 0.25) is 0 Å². The Morgan fingerprint density at radius 2 is 1.78 bits per heavy atom. The summed E-state index contributed by atoms with van der Waals surface area (Å²) in [6, 6.07) is 0. The summed E-state index contributed by atoms with van der Waals surface area (Å²) in [5, 5.41) is 8.35. The number of halogens is 3. The molecule has 0 aromatic rings. The zero-order chi connectivity index (χ0) is 7.71. The van der Waals surface area contributed by atoms with Crippen LogP contribution in [-0.4, -0.2) is 23.4 Å². The van der Waals surface area contributed by atoms with Gasteiger partial charge in [-0.25, -0.2) is 0 Å². The molecule has 0 bridgehead atoms. The molecule has 2 N–H and O–H groups in total. The lowest BCUT2D eigenvalue weighted by Gasteiger charge is -2.27. The van der Waals surface area contributed by atoms with Gasteiger partial charge in [-0.15, -0.1) is 6.54 Å². The zero-order valence-electron chi connectivity index (χ0n) is 4.79. The molecule has 0 aliphatic carbocycles. The van der Waals surface area contributed by atoms with E-state index in [1.165, 1.54) is 0 Å². The van der Waals surface area contributed by atoms with Crippen molar-refractivity contribution in [2.24, 2.45) is 0 Å². The molecule has 0 radical (unpaired) electrons. The van der Waals surface area contributed by atoms with Gasteiger partial charge < -0.3 is 10.8 Å². The van der Waals surface area contributed by atoms with Crippen LogP contribution in [0.3, 0.4) is 0 Å². The number of hydrogen-bond donors (Lipinski definition) is 1. The highest BCUT2D eigenvalue weighted by atomic mass is 19.4. The minimum Gasteiger partial charge on any atom is -0.675 e. The third-order valence-corrected chi connectivity index (χ3v) is 0.955. The van der Waals surface area contributed by atoms with Crippen LogP contribution >= 0.6 is 0 Å². The van der Waals surface area contributed by atoms with Crippen LogP contribution in [0.1, 0.15) is 6.92 Å². The molecule has 5 heteroatoms. The fraction of sp³-hybridized carbons (Fsp3) is 1.00. The third-order valence-electron chi connectivity index (χ3n) is 0.955. The standard InChI is InChI=1S/C4H7F3NO/c1-3(9,2-8)4(5,6)7/h8-9H,2H2,1H3/q-1. The molecule has 0 heterocycles. The summed E-state index contributed by atoms with van der Waals surface area (Å²) in [4.78, 5) is 0. The largest absolute Gasteiger partial charge is 0.675 e. The Kier molecular flexibility index (Phi) is 2.08. The minimum absolute atomic E-state index is 0.569. The lowest BCUT2D eigenvalue weighted by Crippen LogP contribution is -2.44. The summed E-state index contributed by atoms with van der Waals surface area (Å²) in [5.74, 6) is 0. The number of hydrogen-bond acceptors (Lipinski definition) is 1. The van der Waals surface area contributed by atoms with Crippen molar-refractivity contribution in [1.29, 1.82) is 0 Å². The Morgan fingerprint density at radius 3 is 1.78 bits per heavy atom. The molecule has 0 spiro atoms. The van der Waals surface area contributed by atoms with Crippen molar-refractivity contribution < 1.29 is 18.3 Å². The normalized spacial score (nSPS) is 19.3. The highest BCUT2D eigenvalue weighted by molar-refractivity contribution is 4.86. The number of rotatable bonds is 1. The maximum absolute atomic E-state index is 11.5. The Morgan fingerprint density at radius 1 is 1.44 bits per heavy atom. The zero-order valence-corrected chi connectivity index (χ0v) is 4.79. The second-order valence-electron chi connectivity index (χ2n) is 1.95. The van der Waals surface area contributed by atoms with E-state index in [1.807, 2.05) is 0 Å². The smallest absolute Gasteiger partial charge is 0.415 e. The summed E-state index contributed by atoms with van der Waals surface area (Å²) in [6.07, 6.45) is -4.69. The monoisotopic (exact) mass is 142 g/mol. The summed E-state index contributed by atoms with van der Waals surface area (Å²) in [7, 11) is 0. The van der Waals surface area contributed by atoms with Gasteiger partial charge in [0, 0.05) is 0 Å². The van der Waals surface area contributed by atoms with Crippen molar-refractivity contribution in [3.05, 3.63) is 5.73 Å². The average Bonchev–Trinajstić information content (AvgIpc) is 1.64. The Balaban J connectivity index is 4.14. The van der Waals surface area contributed by atoms with E-state index in [0.717, 1.165) is 0 Å². The van der Waals surface area contributed by atoms with E-state index >= 15 is 0 Å². The van der Waals surface area contributed by atoms with Gasteiger partial charge in [0.05, 0.1) is 0 Å². The van der Waals surface area contributed by atoms with Crippen molar-refractivity contribution in [3.8, 4) is 0 Å². The van der Waals surface area contributed by atoms with Gasteiger partial charge in [-0.05, 0) is 6.92 Å². The lowest BCUT2D eigenvalue weighted by atomic mass is 10.1. The number of aliphatic hydroxyl groups is 1. The topological polar surface area (TPSA) is 44.0 Å². The Labute approximate surface area is 50.5 Å². The molecule has 56 valence electrons. The lowest BCUT2D eigenvalue weighted by molar-refractivity contribution is -0.245. The van der Waals surface area contributed by atoms with Crippen molar-refractivity contribution >= 4 is 0 Å². The van der Waals surface area contributed by atoms with Gasteiger partial charge in [-0.3, -0.25) is 0 Å². The van der Waals surface area contributed by atoms with Crippen LogP contribution in [0.25, 0.3) is 5.73 Å². The number of alkyl halides is 3. The van der Waals surface area contributed by atoms with Gasteiger partial charge in [0.1, 0.15) is 5.60 Å². The second-order valence-corrected chi connectivity index (χ2v) is 1.95. The third kappa shape index (κ3) is 1.83. The van der Waals surface area contributed by atoms with Crippen molar-refractivity contribution in [2.45, 2.75) is 18.7 Å². The van der Waals surface area contributed by atoms with Gasteiger partial charge >= 0.3 is 6.18 Å². The van der Waals surface area contributed by atoms with Gasteiger partial charge in [0.15, 0.2) is 0 Å². The fourth-order valence-corrected chi connectivity index (χ4v) is 0.100. The molecular formula is C4H7F3NO-. The van der Waals surface area contributed by atoms with E-state index in [1.54, 1.807) is 0 Å².